The molecule has 0 aliphatic heterocycles. The number of carboxylic acids is 1. The van der Waals surface area contributed by atoms with E-state index in [9.17, 15) is 14.4 Å². The molecule has 9 heteroatoms. The second kappa shape index (κ2) is 10.3. The number of carboxylic acid groups (broad SMARTS) is 1. The van der Waals surface area contributed by atoms with Gasteiger partial charge >= 0.3 is 17.8 Å². The third-order valence-corrected chi connectivity index (χ3v) is 3.46. The van der Waals surface area contributed by atoms with Crippen molar-refractivity contribution >= 4 is 24.0 Å². The molecule has 0 fully saturated rings. The summed E-state index contributed by atoms with van der Waals surface area (Å²) < 4.78 is 10.2. The van der Waals surface area contributed by atoms with Gasteiger partial charge in [0.15, 0.2) is 6.61 Å². The summed E-state index contributed by atoms with van der Waals surface area (Å²) in [6.45, 7) is -0.337. The number of ether oxygens (including phenoxy) is 2. The number of nitrogens with zero attached hydrogens (tertiary/aromatic N) is 1. The van der Waals surface area contributed by atoms with Crippen molar-refractivity contribution < 1.29 is 29.0 Å². The van der Waals surface area contributed by atoms with E-state index in [1.165, 1.54) is 6.21 Å². The Balaban J connectivity index is 1.85. The number of aliphatic carboxylic acids is 1. The van der Waals surface area contributed by atoms with Crippen LogP contribution in [0, 0.1) is 0 Å². The summed E-state index contributed by atoms with van der Waals surface area (Å²) in [5.41, 5.74) is 3.35. The molecule has 2 aromatic carbocycles. The number of carbonyl (C=O) groups is 3. The predicted octanol–water partition coefficient (Wildman–Crippen LogP) is 0.925. The zero-order valence-electron chi connectivity index (χ0n) is 15.0. The van der Waals surface area contributed by atoms with E-state index < -0.39 is 24.4 Å². The van der Waals surface area contributed by atoms with Crippen LogP contribution < -0.4 is 20.2 Å². The van der Waals surface area contributed by atoms with Gasteiger partial charge in [0.25, 0.3) is 0 Å². The average Bonchev–Trinajstić information content (AvgIpc) is 2.71. The maximum Gasteiger partial charge on any atom is 0.341 e. The molecule has 3 N–H and O–H groups in total. The SMILES string of the molecule is COc1ccc(CNC(=O)C(=O)N/N=C\c2ccccc2OCC(=O)O)cc1. The molecule has 28 heavy (non-hydrogen) atoms. The van der Waals surface area contributed by atoms with Gasteiger partial charge in [0.05, 0.1) is 13.3 Å². The highest BCUT2D eigenvalue weighted by molar-refractivity contribution is 6.35. The van der Waals surface area contributed by atoms with Crippen molar-refractivity contribution in [3.8, 4) is 11.5 Å². The smallest absolute Gasteiger partial charge is 0.341 e. The first-order chi connectivity index (χ1) is 13.5. The fraction of sp³-hybridized carbons (Fsp3) is 0.158. The van der Waals surface area contributed by atoms with E-state index in [2.05, 4.69) is 15.8 Å². The maximum atomic E-state index is 11.8. The van der Waals surface area contributed by atoms with Crippen molar-refractivity contribution in [1.82, 2.24) is 10.7 Å². The number of para-hydroxylation sites is 1. The van der Waals surface area contributed by atoms with Gasteiger partial charge in [-0.3, -0.25) is 9.59 Å². The molecule has 0 aliphatic carbocycles. The van der Waals surface area contributed by atoms with E-state index in [0.717, 1.165) is 5.56 Å². The molecule has 9 nitrogen and oxygen atoms in total. The molecule has 0 aromatic heterocycles. The number of methoxy groups -OCH3 is 1. The number of amides is 2. The minimum absolute atomic E-state index is 0.172. The Morgan fingerprint density at radius 2 is 1.79 bits per heavy atom. The zero-order chi connectivity index (χ0) is 20.4. The average molecular weight is 385 g/mol. The Bertz CT molecular complexity index is 864. The normalized spacial score (nSPS) is 10.3. The highest BCUT2D eigenvalue weighted by atomic mass is 16.5. The van der Waals surface area contributed by atoms with Crippen LogP contribution in [-0.2, 0) is 20.9 Å². The second-order valence-electron chi connectivity index (χ2n) is 5.45. The molecular weight excluding hydrogens is 366 g/mol. The van der Waals surface area contributed by atoms with Gasteiger partial charge in [0.2, 0.25) is 0 Å². The van der Waals surface area contributed by atoms with Crippen molar-refractivity contribution in [2.45, 2.75) is 6.54 Å². The topological polar surface area (TPSA) is 126 Å². The minimum Gasteiger partial charge on any atom is -0.497 e. The monoisotopic (exact) mass is 385 g/mol. The number of hydrogen-bond acceptors (Lipinski definition) is 6. The molecule has 0 saturated heterocycles. The van der Waals surface area contributed by atoms with Gasteiger partial charge in [-0.05, 0) is 29.8 Å². The van der Waals surface area contributed by atoms with Gasteiger partial charge in [-0.2, -0.15) is 5.10 Å². The lowest BCUT2D eigenvalue weighted by Gasteiger charge is -2.06. The van der Waals surface area contributed by atoms with Crippen LogP contribution in [0.5, 0.6) is 11.5 Å². The van der Waals surface area contributed by atoms with Crippen molar-refractivity contribution in [1.29, 1.82) is 0 Å². The molecule has 0 unspecified atom stereocenters. The van der Waals surface area contributed by atoms with Crippen LogP contribution in [0.4, 0.5) is 0 Å². The van der Waals surface area contributed by atoms with Gasteiger partial charge in [-0.15, -0.1) is 0 Å². The number of hydrazone groups is 1. The van der Waals surface area contributed by atoms with Gasteiger partial charge < -0.3 is 19.9 Å². The summed E-state index contributed by atoms with van der Waals surface area (Å²) in [5, 5.41) is 14.8. The minimum atomic E-state index is -1.12. The highest BCUT2D eigenvalue weighted by Crippen LogP contribution is 2.15. The van der Waals surface area contributed by atoms with Crippen LogP contribution in [0.1, 0.15) is 11.1 Å². The van der Waals surface area contributed by atoms with Gasteiger partial charge in [-0.25, -0.2) is 10.2 Å². The van der Waals surface area contributed by atoms with Crippen LogP contribution in [0.15, 0.2) is 53.6 Å². The zero-order valence-corrected chi connectivity index (χ0v) is 15.0. The van der Waals surface area contributed by atoms with E-state index in [1.807, 2.05) is 0 Å². The van der Waals surface area contributed by atoms with E-state index >= 15 is 0 Å². The van der Waals surface area contributed by atoms with Crippen LogP contribution in [-0.4, -0.2) is 42.8 Å². The number of nitrogens with one attached hydrogen (secondary N) is 2. The Kier molecular flexibility index (Phi) is 7.53. The third-order valence-electron chi connectivity index (χ3n) is 3.46. The van der Waals surface area contributed by atoms with Crippen LogP contribution in [0.2, 0.25) is 0 Å². The number of benzene rings is 2. The number of carbonyl (C=O) groups excluding carboxylic acids is 2. The number of hydrogen-bond donors (Lipinski definition) is 3. The van der Waals surface area contributed by atoms with Gasteiger partial charge in [0.1, 0.15) is 11.5 Å². The summed E-state index contributed by atoms with van der Waals surface area (Å²) in [4.78, 5) is 34.2. The molecule has 2 rings (SSSR count). The summed E-state index contributed by atoms with van der Waals surface area (Å²) in [7, 11) is 1.55. The fourth-order valence-electron chi connectivity index (χ4n) is 2.08. The van der Waals surface area contributed by atoms with Gasteiger partial charge in [-0.1, -0.05) is 24.3 Å². The van der Waals surface area contributed by atoms with E-state index in [-0.39, 0.29) is 12.3 Å². The highest BCUT2D eigenvalue weighted by Gasteiger charge is 2.12. The lowest BCUT2D eigenvalue weighted by atomic mass is 10.2. The molecular formula is C19H19N3O6. The Morgan fingerprint density at radius 3 is 2.46 bits per heavy atom. The first kappa shape index (κ1) is 20.4. The molecule has 0 aliphatic rings. The quantitative estimate of drug-likeness (QED) is 0.352. The molecule has 0 bridgehead atoms. The second-order valence-corrected chi connectivity index (χ2v) is 5.45. The first-order valence-electron chi connectivity index (χ1n) is 8.17. The molecule has 0 radical (unpaired) electrons. The predicted molar refractivity (Wildman–Crippen MR) is 100 cm³/mol. The molecule has 2 aromatic rings. The molecule has 2 amide bonds. The van der Waals surface area contributed by atoms with Crippen molar-refractivity contribution in [3.63, 3.8) is 0 Å². The van der Waals surface area contributed by atoms with Gasteiger partial charge in [0, 0.05) is 12.1 Å². The van der Waals surface area contributed by atoms with Crippen molar-refractivity contribution in [2.24, 2.45) is 5.10 Å². The fourth-order valence-corrected chi connectivity index (χ4v) is 2.08. The summed E-state index contributed by atoms with van der Waals surface area (Å²) in [5.74, 6) is -1.92. The standard InChI is InChI=1S/C19H19N3O6/c1-27-15-8-6-13(7-9-15)10-20-18(25)19(26)22-21-11-14-4-2-3-5-16(14)28-12-17(23)24/h2-9,11H,10,12H2,1H3,(H,20,25)(H,22,26)(H,23,24)/b21-11-. The largest absolute Gasteiger partial charge is 0.497 e. The Labute approximate surface area is 161 Å². The summed E-state index contributed by atoms with van der Waals surface area (Å²) in [6, 6.07) is 13.6. The molecule has 0 spiro atoms. The molecule has 0 atom stereocenters. The Morgan fingerprint density at radius 1 is 1.07 bits per heavy atom. The van der Waals surface area contributed by atoms with Crippen molar-refractivity contribution in [3.05, 3.63) is 59.7 Å². The summed E-state index contributed by atoms with van der Waals surface area (Å²) >= 11 is 0. The molecule has 0 heterocycles. The number of rotatable bonds is 8. The van der Waals surface area contributed by atoms with Crippen molar-refractivity contribution in [2.75, 3.05) is 13.7 Å². The van der Waals surface area contributed by atoms with Crippen LogP contribution in [0.25, 0.3) is 0 Å². The van der Waals surface area contributed by atoms with E-state index in [0.29, 0.717) is 11.3 Å². The van der Waals surface area contributed by atoms with Crippen LogP contribution in [0.3, 0.4) is 0 Å². The van der Waals surface area contributed by atoms with E-state index in [4.69, 9.17) is 14.6 Å². The first-order valence-corrected chi connectivity index (χ1v) is 8.17. The lowest BCUT2D eigenvalue weighted by Crippen LogP contribution is -2.37. The molecule has 146 valence electrons. The van der Waals surface area contributed by atoms with E-state index in [1.54, 1.807) is 55.6 Å². The maximum absolute atomic E-state index is 11.8. The van der Waals surface area contributed by atoms with Crippen LogP contribution >= 0.6 is 0 Å². The Hall–Kier alpha value is -3.88. The third kappa shape index (κ3) is 6.45. The summed E-state index contributed by atoms with van der Waals surface area (Å²) in [6.07, 6.45) is 1.26. The molecule has 0 saturated carbocycles. The lowest BCUT2D eigenvalue weighted by molar-refractivity contribution is -0.139.